The summed E-state index contributed by atoms with van der Waals surface area (Å²) in [5.74, 6) is -2.78. The molecule has 1 aliphatic rings. The first-order valence-electron chi connectivity index (χ1n) is 6.38. The highest BCUT2D eigenvalue weighted by atomic mass is 19.4. The van der Waals surface area contributed by atoms with Crippen molar-refractivity contribution in [2.24, 2.45) is 0 Å². The highest BCUT2D eigenvalue weighted by molar-refractivity contribution is 5.76. The van der Waals surface area contributed by atoms with E-state index in [-0.39, 0.29) is 24.6 Å². The zero-order chi connectivity index (χ0) is 15.6. The number of amides is 1. The Morgan fingerprint density at radius 1 is 1.14 bits per heavy atom. The summed E-state index contributed by atoms with van der Waals surface area (Å²) in [7, 11) is 0. The van der Waals surface area contributed by atoms with Gasteiger partial charge >= 0.3 is 6.18 Å². The molecule has 1 aromatic rings. The van der Waals surface area contributed by atoms with Crippen molar-refractivity contribution in [3.63, 3.8) is 0 Å². The topological polar surface area (TPSA) is 32.3 Å². The lowest BCUT2D eigenvalue weighted by molar-refractivity contribution is -0.138. The molecule has 0 aliphatic carbocycles. The summed E-state index contributed by atoms with van der Waals surface area (Å²) in [5, 5.41) is 1.24. The average molecular weight is 308 g/mol. The van der Waals surface area contributed by atoms with Gasteiger partial charge in [-0.05, 0) is 25.0 Å². The number of hydrogen-bond acceptors (Lipinski definition) is 2. The molecule has 0 aromatic heterocycles. The predicted octanol–water partition coefficient (Wildman–Crippen LogP) is 3.00. The molecule has 1 heterocycles. The van der Waals surface area contributed by atoms with Gasteiger partial charge in [0, 0.05) is 25.1 Å². The van der Waals surface area contributed by atoms with E-state index in [0.29, 0.717) is 13.0 Å². The summed E-state index contributed by atoms with van der Waals surface area (Å²) >= 11 is 0. The van der Waals surface area contributed by atoms with Crippen LogP contribution in [0.3, 0.4) is 0 Å². The van der Waals surface area contributed by atoms with Gasteiger partial charge in [-0.25, -0.2) is 14.2 Å². The van der Waals surface area contributed by atoms with Gasteiger partial charge < -0.3 is 0 Å². The van der Waals surface area contributed by atoms with Gasteiger partial charge in [0.25, 0.3) is 0 Å². The molecule has 0 spiro atoms. The van der Waals surface area contributed by atoms with E-state index in [0.717, 1.165) is 12.8 Å². The summed E-state index contributed by atoms with van der Waals surface area (Å²) < 4.78 is 64.4. The predicted molar refractivity (Wildman–Crippen MR) is 63.8 cm³/mol. The number of benzene rings is 1. The van der Waals surface area contributed by atoms with E-state index in [1.165, 1.54) is 5.01 Å². The maximum atomic E-state index is 13.6. The van der Waals surface area contributed by atoms with Gasteiger partial charge in [0.05, 0.1) is 5.56 Å². The molecule has 2 rings (SSSR count). The van der Waals surface area contributed by atoms with Crippen molar-refractivity contribution in [2.75, 3.05) is 6.54 Å². The fraction of sp³-hybridized carbons (Fsp3) is 0.462. The van der Waals surface area contributed by atoms with Crippen LogP contribution in [-0.2, 0) is 17.5 Å². The Morgan fingerprint density at radius 2 is 1.76 bits per heavy atom. The maximum Gasteiger partial charge on any atom is 0.416 e. The Morgan fingerprint density at radius 3 is 2.29 bits per heavy atom. The second kappa shape index (κ2) is 5.97. The minimum absolute atomic E-state index is 0.200. The van der Waals surface area contributed by atoms with Crippen LogP contribution in [0.1, 0.15) is 30.4 Å². The second-order valence-electron chi connectivity index (χ2n) is 4.75. The Balaban J connectivity index is 2.12. The Kier molecular flexibility index (Phi) is 4.46. The number of carbonyl (C=O) groups is 1. The third-order valence-electron chi connectivity index (χ3n) is 3.24. The normalized spacial score (nSPS) is 16.4. The van der Waals surface area contributed by atoms with Crippen LogP contribution in [0.2, 0.25) is 0 Å². The van der Waals surface area contributed by atoms with Crippen molar-refractivity contribution in [3.05, 3.63) is 34.9 Å². The first-order chi connectivity index (χ1) is 9.79. The molecule has 3 nitrogen and oxygen atoms in total. The number of hydrogen-bond donors (Lipinski definition) is 1. The van der Waals surface area contributed by atoms with Crippen molar-refractivity contribution < 1.29 is 26.7 Å². The van der Waals surface area contributed by atoms with E-state index >= 15 is 0 Å². The molecule has 1 fully saturated rings. The van der Waals surface area contributed by atoms with Gasteiger partial charge in [-0.15, -0.1) is 0 Å². The van der Waals surface area contributed by atoms with Gasteiger partial charge in [-0.3, -0.25) is 9.80 Å². The molecule has 8 heteroatoms. The number of alkyl halides is 3. The van der Waals surface area contributed by atoms with E-state index < -0.39 is 28.9 Å². The molecule has 1 saturated heterocycles. The van der Waals surface area contributed by atoms with Gasteiger partial charge in [-0.2, -0.15) is 13.2 Å². The van der Waals surface area contributed by atoms with Crippen molar-refractivity contribution >= 4 is 5.91 Å². The van der Waals surface area contributed by atoms with E-state index in [2.05, 4.69) is 5.43 Å². The standard InChI is InChI=1S/C13H13F5N2O/c14-10-5-8(13(16,17)18)6-11(15)9(10)7-19-20-4-2-1-3-12(20)21/h5-6,19H,1-4,7H2. The summed E-state index contributed by atoms with van der Waals surface area (Å²) in [5.41, 5.74) is 0.644. The number of rotatable bonds is 3. The zero-order valence-corrected chi connectivity index (χ0v) is 10.9. The largest absolute Gasteiger partial charge is 0.416 e. The number of nitrogens with one attached hydrogen (secondary N) is 1. The third kappa shape index (κ3) is 3.69. The summed E-state index contributed by atoms with van der Waals surface area (Å²) in [4.78, 5) is 11.5. The van der Waals surface area contributed by atoms with Gasteiger partial charge in [0.15, 0.2) is 0 Å². The number of hydrazine groups is 1. The number of carbonyl (C=O) groups excluding carboxylic acids is 1. The molecule has 0 atom stereocenters. The van der Waals surface area contributed by atoms with Gasteiger partial charge in [0.2, 0.25) is 5.91 Å². The molecule has 116 valence electrons. The molecule has 1 aliphatic heterocycles. The van der Waals surface area contributed by atoms with E-state index in [1.54, 1.807) is 0 Å². The molecule has 0 bridgehead atoms. The summed E-state index contributed by atoms with van der Waals surface area (Å²) in [6.45, 7) is 0.0181. The smallest absolute Gasteiger partial charge is 0.278 e. The minimum atomic E-state index is -4.81. The third-order valence-corrected chi connectivity index (χ3v) is 3.24. The quantitative estimate of drug-likeness (QED) is 0.871. The number of nitrogens with zero attached hydrogens (tertiary/aromatic N) is 1. The van der Waals surface area contributed by atoms with Crippen LogP contribution < -0.4 is 5.43 Å². The Labute approximate surface area is 117 Å². The van der Waals surface area contributed by atoms with Gasteiger partial charge in [0.1, 0.15) is 11.6 Å². The Bertz CT molecular complexity index is 521. The van der Waals surface area contributed by atoms with Crippen LogP contribution in [0.5, 0.6) is 0 Å². The highest BCUT2D eigenvalue weighted by Crippen LogP contribution is 2.31. The summed E-state index contributed by atoms with van der Waals surface area (Å²) in [6, 6.07) is 0.496. The van der Waals surface area contributed by atoms with Crippen LogP contribution >= 0.6 is 0 Å². The molecule has 0 unspecified atom stereocenters. The molecule has 1 aromatic carbocycles. The molecule has 0 radical (unpaired) electrons. The molecule has 21 heavy (non-hydrogen) atoms. The van der Waals surface area contributed by atoms with Crippen LogP contribution in [0.25, 0.3) is 0 Å². The molecule has 1 N–H and O–H groups in total. The lowest BCUT2D eigenvalue weighted by Gasteiger charge is -2.27. The van der Waals surface area contributed by atoms with Crippen LogP contribution in [0, 0.1) is 11.6 Å². The molecule has 0 saturated carbocycles. The number of halogens is 5. The first kappa shape index (κ1) is 15.7. The van der Waals surface area contributed by atoms with Gasteiger partial charge in [-0.1, -0.05) is 0 Å². The minimum Gasteiger partial charge on any atom is -0.278 e. The molecule has 1 amide bonds. The molecular weight excluding hydrogens is 295 g/mol. The maximum absolute atomic E-state index is 13.6. The SMILES string of the molecule is O=C1CCCCN1NCc1c(F)cc(C(F)(F)F)cc1F. The van der Waals surface area contributed by atoms with E-state index in [9.17, 15) is 26.7 Å². The summed E-state index contributed by atoms with van der Waals surface area (Å²) in [6.07, 6.45) is -2.96. The fourth-order valence-electron chi connectivity index (χ4n) is 2.08. The van der Waals surface area contributed by atoms with E-state index in [4.69, 9.17) is 0 Å². The fourth-order valence-corrected chi connectivity index (χ4v) is 2.08. The van der Waals surface area contributed by atoms with Crippen molar-refractivity contribution in [3.8, 4) is 0 Å². The lowest BCUT2D eigenvalue weighted by atomic mass is 10.1. The van der Waals surface area contributed by atoms with Crippen LogP contribution in [0.15, 0.2) is 12.1 Å². The number of piperidine rings is 1. The van der Waals surface area contributed by atoms with Crippen LogP contribution in [-0.4, -0.2) is 17.5 Å². The van der Waals surface area contributed by atoms with E-state index in [1.807, 2.05) is 0 Å². The van der Waals surface area contributed by atoms with Crippen molar-refractivity contribution in [2.45, 2.75) is 32.0 Å². The lowest BCUT2D eigenvalue weighted by Crippen LogP contribution is -2.45. The first-order valence-corrected chi connectivity index (χ1v) is 6.38. The highest BCUT2D eigenvalue weighted by Gasteiger charge is 2.32. The van der Waals surface area contributed by atoms with Crippen LogP contribution in [0.4, 0.5) is 22.0 Å². The molecular formula is C13H13F5N2O. The monoisotopic (exact) mass is 308 g/mol. The zero-order valence-electron chi connectivity index (χ0n) is 10.9. The van der Waals surface area contributed by atoms with Crippen molar-refractivity contribution in [1.29, 1.82) is 0 Å². The second-order valence-corrected chi connectivity index (χ2v) is 4.75. The van der Waals surface area contributed by atoms with Crippen molar-refractivity contribution in [1.82, 2.24) is 10.4 Å². The average Bonchev–Trinajstić information content (AvgIpc) is 2.38. The Hall–Kier alpha value is -1.70.